The second-order valence-electron chi connectivity index (χ2n) is 7.21. The molecule has 1 fully saturated rings. The summed E-state index contributed by atoms with van der Waals surface area (Å²) >= 11 is 0. The van der Waals surface area contributed by atoms with Crippen molar-refractivity contribution in [3.8, 4) is 17.2 Å². The van der Waals surface area contributed by atoms with E-state index in [4.69, 9.17) is 18.9 Å². The number of benzene rings is 2. The molecular formula is C23H25NO8. The lowest BCUT2D eigenvalue weighted by atomic mass is 10.1. The van der Waals surface area contributed by atoms with E-state index in [0.29, 0.717) is 0 Å². The molecular weight excluding hydrogens is 418 g/mol. The van der Waals surface area contributed by atoms with Crippen LogP contribution in [0.3, 0.4) is 0 Å². The predicted molar refractivity (Wildman–Crippen MR) is 113 cm³/mol. The summed E-state index contributed by atoms with van der Waals surface area (Å²) in [6.45, 7) is 0.277. The van der Waals surface area contributed by atoms with Gasteiger partial charge in [0.15, 0.2) is 11.5 Å². The molecule has 1 saturated heterocycles. The maximum absolute atomic E-state index is 13.0. The summed E-state index contributed by atoms with van der Waals surface area (Å²) < 4.78 is 21.5. The number of likely N-dealkylation sites (tertiary alicyclic amines) is 1. The Bertz CT molecular complexity index is 966. The number of amides is 1. The number of hydrogen-bond acceptors (Lipinski definition) is 7. The average Bonchev–Trinajstić information content (AvgIpc) is 3.26. The lowest BCUT2D eigenvalue weighted by molar-refractivity contribution is -0.146. The lowest BCUT2D eigenvalue weighted by Crippen LogP contribution is -2.44. The van der Waals surface area contributed by atoms with Gasteiger partial charge in [0.05, 0.1) is 34.0 Å². The van der Waals surface area contributed by atoms with Crippen LogP contribution in [-0.2, 0) is 20.9 Å². The van der Waals surface area contributed by atoms with Crippen LogP contribution >= 0.6 is 0 Å². The van der Waals surface area contributed by atoms with Gasteiger partial charge < -0.3 is 29.0 Å². The highest BCUT2D eigenvalue weighted by Crippen LogP contribution is 2.38. The zero-order chi connectivity index (χ0) is 23.3. The Morgan fingerprint density at radius 1 is 1.00 bits per heavy atom. The molecule has 2 atom stereocenters. The van der Waals surface area contributed by atoms with Gasteiger partial charge in [0.25, 0.3) is 11.7 Å². The highest BCUT2D eigenvalue weighted by Gasteiger charge is 2.42. The van der Waals surface area contributed by atoms with Crippen LogP contribution in [-0.4, -0.2) is 67.7 Å². The Kier molecular flexibility index (Phi) is 7.32. The summed E-state index contributed by atoms with van der Waals surface area (Å²) in [5, 5.41) is 9.60. The van der Waals surface area contributed by atoms with Gasteiger partial charge >= 0.3 is 5.97 Å². The number of carbonyl (C=O) groups is 3. The maximum atomic E-state index is 13.0. The van der Waals surface area contributed by atoms with Crippen molar-refractivity contribution in [2.45, 2.75) is 25.2 Å². The van der Waals surface area contributed by atoms with Crippen molar-refractivity contribution >= 4 is 17.7 Å². The van der Waals surface area contributed by atoms with Crippen LogP contribution in [0.5, 0.6) is 17.2 Å². The predicted octanol–water partition coefficient (Wildman–Crippen LogP) is 2.17. The largest absolute Gasteiger partial charge is 0.493 e. The topological polar surface area (TPSA) is 112 Å². The van der Waals surface area contributed by atoms with E-state index >= 15 is 0 Å². The Labute approximate surface area is 185 Å². The molecule has 9 nitrogen and oxygen atoms in total. The second-order valence-corrected chi connectivity index (χ2v) is 7.21. The Hall–Kier alpha value is -3.59. The van der Waals surface area contributed by atoms with Crippen molar-refractivity contribution in [1.82, 2.24) is 4.90 Å². The van der Waals surface area contributed by atoms with E-state index in [2.05, 4.69) is 0 Å². The van der Waals surface area contributed by atoms with E-state index in [1.54, 1.807) is 0 Å². The number of carboxylic acids is 1. The fourth-order valence-corrected chi connectivity index (χ4v) is 3.63. The quantitative estimate of drug-likeness (QED) is 0.464. The van der Waals surface area contributed by atoms with E-state index in [-0.39, 0.29) is 42.4 Å². The molecule has 9 heteroatoms. The molecule has 1 aliphatic heterocycles. The van der Waals surface area contributed by atoms with Crippen molar-refractivity contribution in [2.75, 3.05) is 27.9 Å². The van der Waals surface area contributed by atoms with E-state index < -0.39 is 29.8 Å². The minimum absolute atomic E-state index is 0.00119. The average molecular weight is 443 g/mol. The second kappa shape index (κ2) is 10.1. The summed E-state index contributed by atoms with van der Waals surface area (Å²) in [4.78, 5) is 38.7. The number of hydrogen-bond donors (Lipinski definition) is 1. The molecule has 1 aliphatic rings. The third-order valence-electron chi connectivity index (χ3n) is 5.26. The maximum Gasteiger partial charge on any atom is 0.326 e. The summed E-state index contributed by atoms with van der Waals surface area (Å²) in [5.41, 5.74) is 0.931. The Balaban J connectivity index is 1.78. The molecule has 32 heavy (non-hydrogen) atoms. The van der Waals surface area contributed by atoms with Crippen LogP contribution in [0.2, 0.25) is 0 Å². The Morgan fingerprint density at radius 3 is 2.16 bits per heavy atom. The molecule has 0 aromatic heterocycles. The molecule has 1 amide bonds. The van der Waals surface area contributed by atoms with Crippen LogP contribution in [0.15, 0.2) is 42.5 Å². The van der Waals surface area contributed by atoms with Gasteiger partial charge in [0.2, 0.25) is 5.75 Å². The molecule has 1 heterocycles. The van der Waals surface area contributed by atoms with Gasteiger partial charge in [-0.2, -0.15) is 0 Å². The molecule has 0 spiro atoms. The molecule has 1 N–H and O–H groups in total. The highest BCUT2D eigenvalue weighted by molar-refractivity contribution is 6.43. The minimum Gasteiger partial charge on any atom is -0.493 e. The summed E-state index contributed by atoms with van der Waals surface area (Å²) in [7, 11) is 4.20. The molecule has 0 aliphatic carbocycles. The minimum atomic E-state index is -1.19. The molecule has 0 bridgehead atoms. The molecule has 0 unspecified atom stereocenters. The SMILES string of the molecule is COc1cc(C(=O)C(=O)N2C[C@H](OCc3ccccc3)C[C@H]2C(=O)O)cc(OC)c1OC. The number of rotatable bonds is 9. The number of nitrogens with zero attached hydrogens (tertiary/aromatic N) is 1. The normalized spacial score (nSPS) is 17.7. The van der Waals surface area contributed by atoms with Crippen molar-refractivity contribution in [2.24, 2.45) is 0 Å². The number of carboxylic acid groups (broad SMARTS) is 1. The van der Waals surface area contributed by atoms with Gasteiger partial charge in [-0.1, -0.05) is 30.3 Å². The summed E-state index contributed by atoms with van der Waals surface area (Å²) in [5.74, 6) is -2.30. The van der Waals surface area contributed by atoms with Crippen LogP contribution < -0.4 is 14.2 Å². The van der Waals surface area contributed by atoms with Crippen LogP contribution in [0.4, 0.5) is 0 Å². The van der Waals surface area contributed by atoms with E-state index in [1.807, 2.05) is 30.3 Å². The van der Waals surface area contributed by atoms with Gasteiger partial charge in [0, 0.05) is 18.5 Å². The number of ketones is 1. The molecule has 2 aromatic rings. The number of aliphatic carboxylic acids is 1. The van der Waals surface area contributed by atoms with Crippen LogP contribution in [0.25, 0.3) is 0 Å². The van der Waals surface area contributed by atoms with Crippen molar-refractivity contribution < 1.29 is 38.4 Å². The van der Waals surface area contributed by atoms with Crippen LogP contribution in [0.1, 0.15) is 22.3 Å². The third-order valence-corrected chi connectivity index (χ3v) is 5.26. The highest BCUT2D eigenvalue weighted by atomic mass is 16.5. The molecule has 3 rings (SSSR count). The smallest absolute Gasteiger partial charge is 0.326 e. The van der Waals surface area contributed by atoms with Gasteiger partial charge in [0.1, 0.15) is 6.04 Å². The molecule has 0 radical (unpaired) electrons. The van der Waals surface area contributed by atoms with E-state index in [0.717, 1.165) is 10.5 Å². The van der Waals surface area contributed by atoms with Gasteiger partial charge in [-0.05, 0) is 17.7 Å². The van der Waals surface area contributed by atoms with Gasteiger partial charge in [-0.3, -0.25) is 9.59 Å². The number of methoxy groups -OCH3 is 3. The van der Waals surface area contributed by atoms with Crippen molar-refractivity contribution in [3.63, 3.8) is 0 Å². The zero-order valence-electron chi connectivity index (χ0n) is 18.1. The lowest BCUT2D eigenvalue weighted by Gasteiger charge is -2.21. The number of carbonyl (C=O) groups excluding carboxylic acids is 2. The first-order valence-electron chi connectivity index (χ1n) is 9.93. The van der Waals surface area contributed by atoms with Crippen molar-refractivity contribution in [3.05, 3.63) is 53.6 Å². The summed E-state index contributed by atoms with van der Waals surface area (Å²) in [6, 6.07) is 11.0. The van der Waals surface area contributed by atoms with E-state index in [9.17, 15) is 19.5 Å². The zero-order valence-corrected chi connectivity index (χ0v) is 18.1. The molecule has 170 valence electrons. The monoisotopic (exact) mass is 443 g/mol. The fraction of sp³-hybridized carbons (Fsp3) is 0.348. The summed E-state index contributed by atoms with van der Waals surface area (Å²) in [6.07, 6.45) is -0.413. The van der Waals surface area contributed by atoms with Crippen molar-refractivity contribution in [1.29, 1.82) is 0 Å². The van der Waals surface area contributed by atoms with Gasteiger partial charge in [-0.15, -0.1) is 0 Å². The fourth-order valence-electron chi connectivity index (χ4n) is 3.63. The van der Waals surface area contributed by atoms with Gasteiger partial charge in [-0.25, -0.2) is 4.79 Å². The van der Waals surface area contributed by atoms with E-state index in [1.165, 1.54) is 33.5 Å². The third kappa shape index (κ3) is 4.83. The standard InChI is InChI=1S/C23H25NO8/c1-29-18-9-15(10-19(30-2)21(18)31-3)20(25)22(26)24-12-16(11-17(24)23(27)28)32-13-14-7-5-4-6-8-14/h4-10,16-17H,11-13H2,1-3H3,(H,27,28)/t16-,17+/m1/s1. The van der Waals surface area contributed by atoms with Crippen LogP contribution in [0, 0.1) is 0 Å². The first kappa shape index (κ1) is 23.1. The first-order chi connectivity index (χ1) is 15.4. The first-order valence-corrected chi connectivity index (χ1v) is 9.93. The molecule has 0 saturated carbocycles. The number of Topliss-reactive ketones (excluding diaryl/α,β-unsaturated/α-hetero) is 1. The molecule has 2 aromatic carbocycles. The number of ether oxygens (including phenoxy) is 4. The Morgan fingerprint density at radius 2 is 1.62 bits per heavy atom.